The van der Waals surface area contributed by atoms with Crippen molar-refractivity contribution in [3.05, 3.63) is 69.9 Å². The van der Waals surface area contributed by atoms with Gasteiger partial charge in [0.05, 0.1) is 6.42 Å². The van der Waals surface area contributed by atoms with Crippen LogP contribution in [0.4, 0.5) is 5.69 Å². The minimum Gasteiger partial charge on any atom is -0.326 e. The summed E-state index contributed by atoms with van der Waals surface area (Å²) in [4.78, 5) is 39.8. The maximum absolute atomic E-state index is 12.4. The Hall–Kier alpha value is -3.35. The summed E-state index contributed by atoms with van der Waals surface area (Å²) in [5.41, 5.74) is 2.29. The summed E-state index contributed by atoms with van der Waals surface area (Å²) in [6.45, 7) is 3.75. The van der Waals surface area contributed by atoms with E-state index in [0.717, 1.165) is 12.0 Å². The van der Waals surface area contributed by atoms with Crippen molar-refractivity contribution in [1.82, 2.24) is 19.9 Å². The number of rotatable bonds is 5. The lowest BCUT2D eigenvalue weighted by Crippen LogP contribution is -2.24. The van der Waals surface area contributed by atoms with Crippen LogP contribution in [-0.4, -0.2) is 25.8 Å². The molecule has 7 heteroatoms. The number of H-pyrrole nitrogens is 1. The van der Waals surface area contributed by atoms with E-state index < -0.39 is 0 Å². The normalized spacial score (nSPS) is 10.5. The van der Waals surface area contributed by atoms with E-state index in [2.05, 4.69) is 25.3 Å². The minimum atomic E-state index is -0.364. The number of amides is 1. The number of aromatic amines is 1. The van der Waals surface area contributed by atoms with Crippen molar-refractivity contribution in [3.8, 4) is 11.6 Å². The fourth-order valence-corrected chi connectivity index (χ4v) is 2.58. The van der Waals surface area contributed by atoms with Crippen LogP contribution in [0.2, 0.25) is 0 Å². The highest BCUT2D eigenvalue weighted by Crippen LogP contribution is 2.13. The number of carbonyl (C=O) groups is 1. The maximum atomic E-state index is 12.4. The monoisotopic (exact) mass is 349 g/mol. The zero-order valence-corrected chi connectivity index (χ0v) is 14.6. The van der Waals surface area contributed by atoms with Crippen LogP contribution in [0, 0.1) is 6.92 Å². The van der Waals surface area contributed by atoms with Gasteiger partial charge < -0.3 is 10.3 Å². The Morgan fingerprint density at radius 3 is 2.65 bits per heavy atom. The first kappa shape index (κ1) is 17.5. The molecule has 0 aliphatic carbocycles. The summed E-state index contributed by atoms with van der Waals surface area (Å²) in [6, 6.07) is 9.31. The van der Waals surface area contributed by atoms with Crippen LogP contribution in [0.25, 0.3) is 11.6 Å². The number of nitrogens with zero attached hydrogens (tertiary/aromatic N) is 3. The van der Waals surface area contributed by atoms with Gasteiger partial charge in [-0.2, -0.15) is 0 Å². The molecule has 2 heterocycles. The average molecular weight is 349 g/mol. The Labute approximate surface area is 150 Å². The molecule has 2 N–H and O–H groups in total. The molecule has 132 valence electrons. The van der Waals surface area contributed by atoms with Gasteiger partial charge in [0.2, 0.25) is 5.91 Å². The number of nitrogens with one attached hydrogen (secondary N) is 2. The largest absolute Gasteiger partial charge is 0.326 e. The molecular weight excluding hydrogens is 330 g/mol. The second kappa shape index (κ2) is 7.69. The molecule has 0 radical (unpaired) electrons. The highest BCUT2D eigenvalue weighted by atomic mass is 16.2. The van der Waals surface area contributed by atoms with Crippen LogP contribution < -0.4 is 10.9 Å². The van der Waals surface area contributed by atoms with Crippen LogP contribution in [0.1, 0.15) is 23.7 Å². The average Bonchev–Trinajstić information content (AvgIpc) is 2.65. The first-order valence-corrected chi connectivity index (χ1v) is 8.32. The van der Waals surface area contributed by atoms with E-state index >= 15 is 0 Å². The SMILES string of the molecule is CCc1cccc(NC(=O)Cc2c(C)nc(-c3ncccn3)[nH]c2=O)c1. The van der Waals surface area contributed by atoms with Gasteiger partial charge in [0, 0.05) is 29.3 Å². The first-order chi connectivity index (χ1) is 12.6. The molecule has 0 aliphatic heterocycles. The number of aromatic nitrogens is 4. The van der Waals surface area contributed by atoms with Crippen LogP contribution in [0.15, 0.2) is 47.5 Å². The molecular formula is C19H19N5O2. The Morgan fingerprint density at radius 1 is 1.19 bits per heavy atom. The third-order valence-electron chi connectivity index (χ3n) is 3.96. The first-order valence-electron chi connectivity index (χ1n) is 8.32. The molecule has 0 atom stereocenters. The fraction of sp³-hybridized carbons (Fsp3) is 0.211. The lowest BCUT2D eigenvalue weighted by Gasteiger charge is -2.08. The third-order valence-corrected chi connectivity index (χ3v) is 3.96. The number of benzene rings is 1. The molecule has 3 aromatic rings. The van der Waals surface area contributed by atoms with E-state index in [1.54, 1.807) is 25.4 Å². The van der Waals surface area contributed by atoms with Gasteiger partial charge in [-0.25, -0.2) is 15.0 Å². The number of anilines is 1. The predicted octanol–water partition coefficient (Wildman–Crippen LogP) is 2.28. The lowest BCUT2D eigenvalue weighted by atomic mass is 10.1. The Balaban J connectivity index is 1.79. The molecule has 1 amide bonds. The van der Waals surface area contributed by atoms with Gasteiger partial charge in [0.1, 0.15) is 0 Å². The molecule has 7 nitrogen and oxygen atoms in total. The van der Waals surface area contributed by atoms with Crippen molar-refractivity contribution in [1.29, 1.82) is 0 Å². The Bertz CT molecular complexity index is 983. The Kier molecular flexibility index (Phi) is 5.17. The zero-order valence-electron chi connectivity index (χ0n) is 14.6. The van der Waals surface area contributed by atoms with E-state index in [4.69, 9.17) is 0 Å². The van der Waals surface area contributed by atoms with Crippen molar-refractivity contribution in [2.24, 2.45) is 0 Å². The molecule has 0 fully saturated rings. The van der Waals surface area contributed by atoms with Gasteiger partial charge >= 0.3 is 0 Å². The van der Waals surface area contributed by atoms with Gasteiger partial charge in [0.25, 0.3) is 5.56 Å². The van der Waals surface area contributed by atoms with Gasteiger partial charge in [-0.15, -0.1) is 0 Å². The van der Waals surface area contributed by atoms with Crippen molar-refractivity contribution in [3.63, 3.8) is 0 Å². The summed E-state index contributed by atoms with van der Waals surface area (Å²) >= 11 is 0. The highest BCUT2D eigenvalue weighted by molar-refractivity contribution is 5.92. The zero-order chi connectivity index (χ0) is 18.5. The molecule has 0 unspecified atom stereocenters. The van der Waals surface area contributed by atoms with Crippen LogP contribution in [0.5, 0.6) is 0 Å². The summed E-state index contributed by atoms with van der Waals surface area (Å²) in [5, 5.41) is 2.82. The molecule has 3 rings (SSSR count). The third kappa shape index (κ3) is 4.00. The molecule has 0 aliphatic rings. The lowest BCUT2D eigenvalue weighted by molar-refractivity contribution is -0.115. The number of carbonyl (C=O) groups excluding carboxylic acids is 1. The van der Waals surface area contributed by atoms with Crippen LogP contribution in [-0.2, 0) is 17.6 Å². The summed E-state index contributed by atoms with van der Waals surface area (Å²) in [6.07, 6.45) is 3.97. The van der Waals surface area contributed by atoms with Crippen LogP contribution >= 0.6 is 0 Å². The number of aryl methyl sites for hydroxylation is 2. The molecule has 0 spiro atoms. The molecule has 0 saturated heterocycles. The molecule has 0 saturated carbocycles. The molecule has 1 aromatic carbocycles. The maximum Gasteiger partial charge on any atom is 0.255 e. The van der Waals surface area contributed by atoms with Gasteiger partial charge in [0.15, 0.2) is 11.6 Å². The van der Waals surface area contributed by atoms with E-state index in [-0.39, 0.29) is 23.7 Å². The van der Waals surface area contributed by atoms with Crippen molar-refractivity contribution < 1.29 is 4.79 Å². The molecule has 2 aromatic heterocycles. The topological polar surface area (TPSA) is 101 Å². The standard InChI is InChI=1S/C19H19N5O2/c1-3-13-6-4-7-14(10-13)23-16(25)11-15-12(2)22-18(24-19(15)26)17-20-8-5-9-21-17/h4-10H,3,11H2,1-2H3,(H,23,25)(H,22,24,26). The van der Waals surface area contributed by atoms with Crippen molar-refractivity contribution in [2.75, 3.05) is 5.32 Å². The molecule has 26 heavy (non-hydrogen) atoms. The van der Waals surface area contributed by atoms with E-state index in [9.17, 15) is 9.59 Å². The summed E-state index contributed by atoms with van der Waals surface area (Å²) < 4.78 is 0. The Morgan fingerprint density at radius 2 is 1.96 bits per heavy atom. The summed E-state index contributed by atoms with van der Waals surface area (Å²) in [7, 11) is 0. The minimum absolute atomic E-state index is 0.0551. The number of hydrogen-bond acceptors (Lipinski definition) is 5. The smallest absolute Gasteiger partial charge is 0.255 e. The van der Waals surface area contributed by atoms with Gasteiger partial charge in [-0.3, -0.25) is 9.59 Å². The second-order valence-corrected chi connectivity index (χ2v) is 5.83. The van der Waals surface area contributed by atoms with Gasteiger partial charge in [-0.05, 0) is 37.1 Å². The molecule has 0 bridgehead atoms. The highest BCUT2D eigenvalue weighted by Gasteiger charge is 2.14. The van der Waals surface area contributed by atoms with Crippen molar-refractivity contribution in [2.45, 2.75) is 26.7 Å². The fourth-order valence-electron chi connectivity index (χ4n) is 2.58. The van der Waals surface area contributed by atoms with E-state index in [0.29, 0.717) is 22.8 Å². The summed E-state index contributed by atoms with van der Waals surface area (Å²) in [5.74, 6) is 0.352. The van der Waals surface area contributed by atoms with Crippen LogP contribution in [0.3, 0.4) is 0 Å². The van der Waals surface area contributed by atoms with Crippen molar-refractivity contribution >= 4 is 11.6 Å². The van der Waals surface area contributed by atoms with E-state index in [1.807, 2.05) is 31.2 Å². The second-order valence-electron chi connectivity index (χ2n) is 5.83. The van der Waals surface area contributed by atoms with Gasteiger partial charge in [-0.1, -0.05) is 19.1 Å². The quantitative estimate of drug-likeness (QED) is 0.736. The number of hydrogen-bond donors (Lipinski definition) is 2. The predicted molar refractivity (Wildman–Crippen MR) is 98.8 cm³/mol. The van der Waals surface area contributed by atoms with E-state index in [1.165, 1.54) is 0 Å².